The van der Waals surface area contributed by atoms with Crippen LogP contribution < -0.4 is 0 Å². The summed E-state index contributed by atoms with van der Waals surface area (Å²) in [6, 6.07) is 7.76. The predicted molar refractivity (Wildman–Crippen MR) is 69.1 cm³/mol. The number of benzene rings is 1. The summed E-state index contributed by atoms with van der Waals surface area (Å²) in [5.41, 5.74) is 2.11. The van der Waals surface area contributed by atoms with E-state index in [1.165, 1.54) is 18.4 Å². The Morgan fingerprint density at radius 3 is 2.07 bits per heavy atom. The Hall–Kier alpha value is -0.763. The summed E-state index contributed by atoms with van der Waals surface area (Å²) in [6.07, 6.45) is 2.50. The van der Waals surface area contributed by atoms with E-state index in [-0.39, 0.29) is 0 Å². The number of hydrogen-bond acceptors (Lipinski definition) is 1. The van der Waals surface area contributed by atoms with Crippen LogP contribution in [-0.2, 0) is 0 Å². The topological polar surface area (TPSA) is 20.2 Å². The quantitative estimate of drug-likeness (QED) is 0.759. The molecule has 0 radical (unpaired) electrons. The molecule has 0 amide bonds. The predicted octanol–water partition coefficient (Wildman–Crippen LogP) is 4.15. The first kappa shape index (κ1) is 12.3. The number of hydrogen-bond donors (Lipinski definition) is 1. The molecule has 0 aliphatic rings. The molecule has 15 heavy (non-hydrogen) atoms. The number of aromatic hydroxyl groups is 1. The first-order valence-corrected chi connectivity index (χ1v) is 9.32. The molecule has 0 saturated carbocycles. The molecule has 2 heteroatoms. The van der Waals surface area contributed by atoms with Crippen LogP contribution >= 0.6 is 0 Å². The largest absolute Gasteiger partial charge is 0.508 e. The van der Waals surface area contributed by atoms with Gasteiger partial charge in [-0.3, -0.25) is 0 Å². The lowest BCUT2D eigenvalue weighted by Crippen LogP contribution is -2.30. The third-order valence-electron chi connectivity index (χ3n) is 2.92. The standard InChI is InChI=1S/C13H22OSi/c1-5-6-13(15(2,3)4)11-7-9-12(14)10-8-11/h7-10,13-14H,5-6H2,1-4H3. The fourth-order valence-electron chi connectivity index (χ4n) is 2.09. The van der Waals surface area contributed by atoms with Gasteiger partial charge in [0, 0.05) is 0 Å². The van der Waals surface area contributed by atoms with Gasteiger partial charge < -0.3 is 5.11 Å². The zero-order valence-corrected chi connectivity index (χ0v) is 11.2. The van der Waals surface area contributed by atoms with Gasteiger partial charge in [-0.15, -0.1) is 0 Å². The second-order valence-corrected chi connectivity index (χ2v) is 10.7. The van der Waals surface area contributed by atoms with Crippen molar-refractivity contribution in [2.24, 2.45) is 0 Å². The molecule has 1 N–H and O–H groups in total. The minimum Gasteiger partial charge on any atom is -0.508 e. The normalized spacial score (nSPS) is 13.9. The van der Waals surface area contributed by atoms with Crippen molar-refractivity contribution < 1.29 is 5.11 Å². The number of phenolic OH excluding ortho intramolecular Hbond substituents is 1. The van der Waals surface area contributed by atoms with Crippen molar-refractivity contribution in [3.05, 3.63) is 29.8 Å². The summed E-state index contributed by atoms with van der Waals surface area (Å²) < 4.78 is 0. The van der Waals surface area contributed by atoms with E-state index in [0.29, 0.717) is 11.3 Å². The van der Waals surface area contributed by atoms with Crippen LogP contribution in [0.3, 0.4) is 0 Å². The smallest absolute Gasteiger partial charge is 0.115 e. The van der Waals surface area contributed by atoms with Gasteiger partial charge in [0.1, 0.15) is 5.75 Å². The highest BCUT2D eigenvalue weighted by Gasteiger charge is 2.26. The van der Waals surface area contributed by atoms with Crippen LogP contribution in [0, 0.1) is 0 Å². The first-order chi connectivity index (χ1) is 6.95. The molecule has 0 aromatic heterocycles. The van der Waals surface area contributed by atoms with Crippen LogP contribution in [0.1, 0.15) is 30.9 Å². The molecular weight excluding hydrogens is 200 g/mol. The molecule has 0 bridgehead atoms. The van der Waals surface area contributed by atoms with Gasteiger partial charge in [-0.05, 0) is 29.7 Å². The first-order valence-electron chi connectivity index (χ1n) is 5.74. The van der Waals surface area contributed by atoms with Crippen LogP contribution in [0.2, 0.25) is 19.6 Å². The molecule has 1 unspecified atom stereocenters. The zero-order chi connectivity index (χ0) is 11.5. The van der Waals surface area contributed by atoms with Crippen molar-refractivity contribution in [2.45, 2.75) is 44.9 Å². The summed E-state index contributed by atoms with van der Waals surface area (Å²) in [5, 5.41) is 9.28. The fraction of sp³-hybridized carbons (Fsp3) is 0.538. The van der Waals surface area contributed by atoms with E-state index in [9.17, 15) is 5.11 Å². The average Bonchev–Trinajstić information content (AvgIpc) is 2.14. The van der Waals surface area contributed by atoms with E-state index in [2.05, 4.69) is 38.7 Å². The minimum absolute atomic E-state index is 0.365. The molecule has 0 aliphatic carbocycles. The third kappa shape index (κ3) is 3.38. The molecule has 1 aromatic rings. The summed E-state index contributed by atoms with van der Waals surface area (Å²) in [7, 11) is -1.15. The highest BCUT2D eigenvalue weighted by molar-refractivity contribution is 6.77. The highest BCUT2D eigenvalue weighted by Crippen LogP contribution is 2.31. The molecule has 1 atom stereocenters. The van der Waals surface area contributed by atoms with Crippen molar-refractivity contribution >= 4 is 8.07 Å². The van der Waals surface area contributed by atoms with E-state index >= 15 is 0 Å². The summed E-state index contributed by atoms with van der Waals surface area (Å²) in [6.45, 7) is 9.49. The van der Waals surface area contributed by atoms with Crippen LogP contribution in [0.15, 0.2) is 24.3 Å². The number of phenols is 1. The second kappa shape index (κ2) is 4.84. The van der Waals surface area contributed by atoms with E-state index in [4.69, 9.17) is 0 Å². The van der Waals surface area contributed by atoms with Crippen LogP contribution in [0.25, 0.3) is 0 Å². The van der Waals surface area contributed by atoms with Crippen LogP contribution in [0.4, 0.5) is 0 Å². The van der Waals surface area contributed by atoms with Gasteiger partial charge in [-0.25, -0.2) is 0 Å². The fourth-order valence-corrected chi connectivity index (χ4v) is 4.44. The Morgan fingerprint density at radius 1 is 1.13 bits per heavy atom. The molecule has 0 saturated heterocycles. The van der Waals surface area contributed by atoms with Gasteiger partial charge in [0.15, 0.2) is 0 Å². The van der Waals surface area contributed by atoms with E-state index in [1.54, 1.807) is 12.1 Å². The van der Waals surface area contributed by atoms with Crippen molar-refractivity contribution in [1.29, 1.82) is 0 Å². The Labute approximate surface area is 94.2 Å². The van der Waals surface area contributed by atoms with Gasteiger partial charge in [-0.2, -0.15) is 0 Å². The van der Waals surface area contributed by atoms with Gasteiger partial charge in [0.25, 0.3) is 0 Å². The Morgan fingerprint density at radius 2 is 1.67 bits per heavy atom. The molecule has 0 heterocycles. The Bertz CT molecular complexity index is 297. The lowest BCUT2D eigenvalue weighted by Gasteiger charge is -2.29. The second-order valence-electron chi connectivity index (χ2n) is 5.30. The maximum atomic E-state index is 9.28. The van der Waals surface area contributed by atoms with Crippen molar-refractivity contribution in [3.8, 4) is 5.75 Å². The molecule has 0 spiro atoms. The van der Waals surface area contributed by atoms with Gasteiger partial charge in [-0.1, -0.05) is 45.1 Å². The van der Waals surface area contributed by atoms with Crippen LogP contribution in [-0.4, -0.2) is 13.2 Å². The number of rotatable bonds is 4. The summed E-state index contributed by atoms with van der Waals surface area (Å²) >= 11 is 0. The molecule has 0 aliphatic heterocycles. The molecule has 1 rings (SSSR count). The van der Waals surface area contributed by atoms with Gasteiger partial charge >= 0.3 is 0 Å². The Kier molecular flexibility index (Phi) is 3.97. The monoisotopic (exact) mass is 222 g/mol. The van der Waals surface area contributed by atoms with E-state index < -0.39 is 8.07 Å². The van der Waals surface area contributed by atoms with Crippen LogP contribution in [0.5, 0.6) is 5.75 Å². The summed E-state index contributed by atoms with van der Waals surface area (Å²) in [4.78, 5) is 0. The average molecular weight is 222 g/mol. The van der Waals surface area contributed by atoms with Crippen molar-refractivity contribution in [1.82, 2.24) is 0 Å². The van der Waals surface area contributed by atoms with E-state index in [1.807, 2.05) is 0 Å². The molecule has 84 valence electrons. The van der Waals surface area contributed by atoms with Gasteiger partial charge in [0.2, 0.25) is 0 Å². The highest BCUT2D eigenvalue weighted by atomic mass is 28.3. The van der Waals surface area contributed by atoms with Gasteiger partial charge in [0.05, 0.1) is 8.07 Å². The van der Waals surface area contributed by atoms with Crippen molar-refractivity contribution in [3.63, 3.8) is 0 Å². The minimum atomic E-state index is -1.15. The molecule has 1 aromatic carbocycles. The maximum Gasteiger partial charge on any atom is 0.115 e. The zero-order valence-electron chi connectivity index (χ0n) is 10.2. The summed E-state index contributed by atoms with van der Waals surface area (Å²) in [5.74, 6) is 0.365. The van der Waals surface area contributed by atoms with E-state index in [0.717, 1.165) is 0 Å². The lowest BCUT2D eigenvalue weighted by atomic mass is 10.1. The molecule has 0 fully saturated rings. The third-order valence-corrected chi connectivity index (χ3v) is 5.63. The van der Waals surface area contributed by atoms with Crippen molar-refractivity contribution in [2.75, 3.05) is 0 Å². The molecular formula is C13H22OSi. The SMILES string of the molecule is CCCC(c1ccc(O)cc1)[Si](C)(C)C. The molecule has 1 nitrogen and oxygen atoms in total. The Balaban J connectivity index is 2.94. The maximum absolute atomic E-state index is 9.28. The lowest BCUT2D eigenvalue weighted by molar-refractivity contribution is 0.475.